The number of aromatic amines is 2. The van der Waals surface area contributed by atoms with Crippen molar-refractivity contribution in [3.8, 4) is 22.8 Å². The van der Waals surface area contributed by atoms with Crippen LogP contribution in [0.3, 0.4) is 0 Å². The minimum absolute atomic E-state index is 0.0564. The number of aryl methyl sites for hydroxylation is 6. The normalized spacial score (nSPS) is 12.9. The number of fused-ring (bicyclic) bond motifs is 15. The highest BCUT2D eigenvalue weighted by atomic mass is 32.2. The Morgan fingerprint density at radius 1 is 0.233 bits per heavy atom. The number of rotatable bonds is 12. The number of benzene rings is 9. The van der Waals surface area contributed by atoms with Gasteiger partial charge in [0.05, 0.1) is 58.7 Å². The van der Waals surface area contributed by atoms with E-state index in [1.807, 2.05) is 0 Å². The van der Waals surface area contributed by atoms with E-state index in [1.54, 1.807) is 114 Å². The molecule has 12 aromatic rings. The van der Waals surface area contributed by atoms with E-state index in [1.165, 1.54) is 72.8 Å². The monoisotopic (exact) mass is 1310 g/mol. The lowest BCUT2D eigenvalue weighted by molar-refractivity contribution is 0.583. The minimum Gasteiger partial charge on any atom is -0.324 e. The van der Waals surface area contributed by atoms with E-state index in [9.17, 15) is 0 Å². The van der Waals surface area contributed by atoms with Gasteiger partial charge in [-0.05, 0) is 151 Å². The van der Waals surface area contributed by atoms with Crippen molar-refractivity contribution in [2.24, 2.45) is 0 Å². The number of nitrogens with zero attached hydrogens (tertiary/aromatic N) is 4. The molecule has 0 radical (unpaired) electrons. The summed E-state index contributed by atoms with van der Waals surface area (Å²) in [5, 5.41) is -0.238. The molecule has 9 aromatic carbocycles. The Morgan fingerprint density at radius 2 is 0.411 bits per heavy atom. The van der Waals surface area contributed by atoms with Gasteiger partial charge in [-0.15, -0.1) is 0 Å². The van der Waals surface area contributed by atoms with E-state index in [-0.39, 0.29) is 96.3 Å². The van der Waals surface area contributed by atoms with Crippen molar-refractivity contribution in [3.63, 3.8) is 0 Å². The van der Waals surface area contributed by atoms with Crippen molar-refractivity contribution in [2.45, 2.75) is 100 Å². The number of hydrogen-bond donors (Lipinski definition) is 2. The summed E-state index contributed by atoms with van der Waals surface area (Å²) in [5.74, 6) is -0.605. The highest BCUT2D eigenvalue weighted by molar-refractivity contribution is 7.95. The third-order valence-corrected chi connectivity index (χ3v) is 27.1. The van der Waals surface area contributed by atoms with Crippen LogP contribution in [0.5, 0.6) is 0 Å². The molecular formula is C66H50N6O12S6. The summed E-state index contributed by atoms with van der Waals surface area (Å²) in [6.45, 7) is 10.5. The molecule has 2 N–H and O–H groups in total. The summed E-state index contributed by atoms with van der Waals surface area (Å²) in [6.07, 6.45) is 0. The Kier molecular flexibility index (Phi) is 14.0. The van der Waals surface area contributed by atoms with Crippen LogP contribution in [0.15, 0.2) is 241 Å². The van der Waals surface area contributed by atoms with Crippen LogP contribution >= 0.6 is 0 Å². The largest absolute Gasteiger partial charge is 0.324 e. The van der Waals surface area contributed by atoms with Gasteiger partial charge >= 0.3 is 0 Å². The quantitative estimate of drug-likeness (QED) is 0.115. The molecular weight excluding hydrogens is 1260 g/mol. The zero-order valence-corrected chi connectivity index (χ0v) is 53.4. The van der Waals surface area contributed by atoms with Gasteiger partial charge in [-0.25, -0.2) is 70.4 Å². The van der Waals surface area contributed by atoms with Gasteiger partial charge in [0.15, 0.2) is 11.6 Å². The van der Waals surface area contributed by atoms with Gasteiger partial charge in [0.1, 0.15) is 22.6 Å². The molecule has 3 aromatic heterocycles. The minimum atomic E-state index is -4.77. The second-order valence-corrected chi connectivity index (χ2v) is 33.7. The Labute approximate surface area is 518 Å². The molecule has 6 bridgehead atoms. The van der Waals surface area contributed by atoms with E-state index in [0.717, 1.165) is 36.4 Å². The zero-order chi connectivity index (χ0) is 63.8. The SMILES string of the molecule is Cc1ccc(S(=O)(=O)c2cc3c(cc2S(=O)(=O)c2ccc(C)cc2)-c2nc-3nc3[nH]c(nc4[nH]c(n2)c2cc(S(=O)(=O)c5ccc(C)cc5)c(S(=O)(=O)c5ccc(C)cc5)cc42)c2cc(S(=O)(=O)c4ccc(C)cc4)c(S(=O)(=O)c4ccc(C)cc4)cc32)cc1. The molecule has 1 aliphatic heterocycles. The molecule has 0 spiro atoms. The molecule has 4 heterocycles. The fraction of sp³-hybridized carbons (Fsp3) is 0.0909. The molecule has 13 rings (SSSR count). The lowest BCUT2D eigenvalue weighted by Gasteiger charge is -2.14. The first-order chi connectivity index (χ1) is 42.5. The van der Waals surface area contributed by atoms with Crippen molar-refractivity contribution in [1.82, 2.24) is 29.9 Å². The van der Waals surface area contributed by atoms with Crippen molar-refractivity contribution in [3.05, 3.63) is 215 Å². The van der Waals surface area contributed by atoms with Crippen molar-refractivity contribution < 1.29 is 50.5 Å². The molecule has 0 amide bonds. The summed E-state index contributed by atoms with van der Waals surface area (Å²) in [7, 11) is -28.6. The molecule has 24 heteroatoms. The Hall–Kier alpha value is -9.30. The van der Waals surface area contributed by atoms with Gasteiger partial charge in [0.25, 0.3) is 0 Å². The summed E-state index contributed by atoms with van der Waals surface area (Å²) in [4.78, 5) is 20.4. The second-order valence-electron chi connectivity index (χ2n) is 22.2. The maximum atomic E-state index is 15.2. The van der Waals surface area contributed by atoms with Gasteiger partial charge in [0, 0.05) is 32.7 Å². The molecule has 90 heavy (non-hydrogen) atoms. The predicted molar refractivity (Wildman–Crippen MR) is 338 cm³/mol. The van der Waals surface area contributed by atoms with Crippen LogP contribution in [0.2, 0.25) is 0 Å². The number of sulfone groups is 6. The van der Waals surface area contributed by atoms with Gasteiger partial charge in [-0.1, -0.05) is 106 Å². The Bertz CT molecular complexity index is 5520. The molecule has 452 valence electrons. The van der Waals surface area contributed by atoms with E-state index >= 15 is 50.5 Å². The highest BCUT2D eigenvalue weighted by Crippen LogP contribution is 2.45. The summed E-state index contributed by atoms with van der Waals surface area (Å²) >= 11 is 0. The van der Waals surface area contributed by atoms with Crippen LogP contribution in [0, 0.1) is 41.5 Å². The number of hydrogen-bond acceptors (Lipinski definition) is 16. The van der Waals surface area contributed by atoms with Gasteiger partial charge in [-0.2, -0.15) is 0 Å². The van der Waals surface area contributed by atoms with Crippen LogP contribution in [0.1, 0.15) is 33.4 Å². The van der Waals surface area contributed by atoms with E-state index in [4.69, 9.17) is 19.9 Å². The van der Waals surface area contributed by atoms with Crippen LogP contribution in [0.4, 0.5) is 0 Å². The van der Waals surface area contributed by atoms with E-state index in [0.29, 0.717) is 33.4 Å². The van der Waals surface area contributed by atoms with E-state index in [2.05, 4.69) is 9.97 Å². The van der Waals surface area contributed by atoms with Gasteiger partial charge in [0.2, 0.25) is 59.0 Å². The predicted octanol–water partition coefficient (Wildman–Crippen LogP) is 12.2. The lowest BCUT2D eigenvalue weighted by Crippen LogP contribution is -2.12. The maximum Gasteiger partial charge on any atom is 0.207 e. The topological polar surface area (TPSA) is 288 Å². The van der Waals surface area contributed by atoms with Gasteiger partial charge in [-0.3, -0.25) is 0 Å². The van der Waals surface area contributed by atoms with Crippen molar-refractivity contribution in [1.29, 1.82) is 0 Å². The van der Waals surface area contributed by atoms with Crippen LogP contribution in [0.25, 0.3) is 66.9 Å². The zero-order valence-electron chi connectivity index (χ0n) is 48.5. The average Bonchev–Trinajstić information content (AvgIpc) is 1.33. The van der Waals surface area contributed by atoms with Crippen LogP contribution in [-0.4, -0.2) is 80.4 Å². The molecule has 0 saturated heterocycles. The first-order valence-electron chi connectivity index (χ1n) is 27.6. The van der Waals surface area contributed by atoms with Gasteiger partial charge < -0.3 is 9.97 Å². The number of nitrogens with one attached hydrogen (secondary N) is 2. The molecule has 1 aliphatic rings. The molecule has 0 unspecified atom stereocenters. The summed E-state index contributed by atoms with van der Waals surface area (Å²) in [6, 6.07) is 41.5. The number of H-pyrrole nitrogens is 2. The fourth-order valence-electron chi connectivity index (χ4n) is 10.7. The smallest absolute Gasteiger partial charge is 0.207 e. The average molecular weight is 1310 g/mol. The second kappa shape index (κ2) is 21.2. The maximum absolute atomic E-state index is 15.2. The standard InChI is InChI=1S/C66H50N6O12S6/c1-37-7-19-43(20-8-37)85(73,74)55-31-49-50(32-56(55)86(75,76)44-21-9-38(2)10-22-44)62-67-61(49)70-63-51-33-57(87(77,78)45-23-11-39(3)12-24-45)58(88(79,80)46-25-13-40(4)14-26-46)34-52(51)65(68-63)72-66-54-36-60(90(83,84)48-29-17-42(6)18-30-48)59(35-53(54)64(69-66)71-62)89(81,82)47-27-15-41(5)16-28-47/h7-36H,1-6H3,(H2,67,68,69,70,71,72). The first-order valence-corrected chi connectivity index (χ1v) is 36.5. The first kappa shape index (κ1) is 59.7. The summed E-state index contributed by atoms with van der Waals surface area (Å²) in [5.41, 5.74) is 3.29. The van der Waals surface area contributed by atoms with Crippen molar-refractivity contribution >= 4 is 103 Å². The van der Waals surface area contributed by atoms with Crippen LogP contribution < -0.4 is 0 Å². The third kappa shape index (κ3) is 9.93. The molecule has 0 fully saturated rings. The summed E-state index contributed by atoms with van der Waals surface area (Å²) < 4.78 is 182. The van der Waals surface area contributed by atoms with Crippen molar-refractivity contribution in [2.75, 3.05) is 0 Å². The highest BCUT2D eigenvalue weighted by Gasteiger charge is 2.37. The third-order valence-electron chi connectivity index (χ3n) is 15.8. The Balaban J connectivity index is 1.21. The number of aromatic nitrogens is 6. The molecule has 0 atom stereocenters. The molecule has 18 nitrogen and oxygen atoms in total. The van der Waals surface area contributed by atoms with Crippen LogP contribution in [-0.2, 0) is 59.0 Å². The van der Waals surface area contributed by atoms with E-state index < -0.39 is 88.4 Å². The lowest BCUT2D eigenvalue weighted by atomic mass is 10.1. The fourth-order valence-corrected chi connectivity index (χ4v) is 20.8. The Morgan fingerprint density at radius 3 is 0.611 bits per heavy atom. The molecule has 0 saturated carbocycles. The molecule has 0 aliphatic carbocycles.